The molecular formula is C10H15F3N2. The van der Waals surface area contributed by atoms with Crippen LogP contribution in [0.2, 0.25) is 0 Å². The molecule has 0 aliphatic rings. The second-order valence-corrected chi connectivity index (χ2v) is 3.58. The van der Waals surface area contributed by atoms with E-state index < -0.39 is 12.6 Å². The monoisotopic (exact) mass is 220 g/mol. The summed E-state index contributed by atoms with van der Waals surface area (Å²) in [6.07, 6.45) is -4.69. The average Bonchev–Trinajstić information content (AvgIpc) is 2.40. The van der Waals surface area contributed by atoms with E-state index in [-0.39, 0.29) is 6.42 Å². The third kappa shape index (κ3) is 3.85. The molecule has 0 aliphatic carbocycles. The molecule has 0 fully saturated rings. The minimum atomic E-state index is -4.05. The molecule has 1 rings (SSSR count). The molecule has 0 radical (unpaired) electrons. The fourth-order valence-corrected chi connectivity index (χ4v) is 1.40. The quantitative estimate of drug-likeness (QED) is 0.772. The van der Waals surface area contributed by atoms with E-state index in [0.717, 1.165) is 11.4 Å². The zero-order valence-corrected chi connectivity index (χ0v) is 8.86. The Balaban J connectivity index is 2.32. The lowest BCUT2D eigenvalue weighted by molar-refractivity contribution is -0.134. The van der Waals surface area contributed by atoms with Crippen molar-refractivity contribution in [2.45, 2.75) is 32.9 Å². The van der Waals surface area contributed by atoms with Gasteiger partial charge in [0.1, 0.15) is 0 Å². The average molecular weight is 220 g/mol. The molecule has 86 valence electrons. The summed E-state index contributed by atoms with van der Waals surface area (Å²) < 4.78 is 37.3. The van der Waals surface area contributed by atoms with E-state index >= 15 is 0 Å². The lowest BCUT2D eigenvalue weighted by Gasteiger charge is -2.13. The van der Waals surface area contributed by atoms with Crippen LogP contribution in [-0.4, -0.2) is 17.4 Å². The predicted molar refractivity (Wildman–Crippen MR) is 53.4 cm³/mol. The highest BCUT2D eigenvalue weighted by atomic mass is 19.4. The van der Waals surface area contributed by atoms with Crippen molar-refractivity contribution in [2.75, 3.05) is 12.0 Å². The van der Waals surface area contributed by atoms with Crippen molar-refractivity contribution in [3.05, 3.63) is 23.5 Å². The smallest absolute Gasteiger partial charge is 0.326 e. The van der Waals surface area contributed by atoms with Crippen LogP contribution >= 0.6 is 0 Å². The van der Waals surface area contributed by atoms with Gasteiger partial charge in [-0.2, -0.15) is 13.2 Å². The Bertz CT molecular complexity index is 295. The molecule has 1 N–H and O–H groups in total. The van der Waals surface area contributed by atoms with E-state index in [1.807, 2.05) is 26.0 Å². The third-order valence-electron chi connectivity index (χ3n) is 2.18. The first-order valence-corrected chi connectivity index (χ1v) is 4.86. The van der Waals surface area contributed by atoms with Crippen molar-refractivity contribution in [2.24, 2.45) is 0 Å². The van der Waals surface area contributed by atoms with Crippen LogP contribution in [0.25, 0.3) is 0 Å². The number of hydrogen-bond acceptors (Lipinski definition) is 1. The summed E-state index contributed by atoms with van der Waals surface area (Å²) in [7, 11) is 0. The Kier molecular flexibility index (Phi) is 3.66. The normalized spacial score (nSPS) is 11.8. The maximum Gasteiger partial charge on any atom is 0.389 e. The maximum atomic E-state index is 11.8. The Hall–Kier alpha value is -1.13. The molecule has 2 nitrogen and oxygen atoms in total. The van der Waals surface area contributed by atoms with Gasteiger partial charge in [-0.1, -0.05) is 0 Å². The van der Waals surface area contributed by atoms with Gasteiger partial charge in [-0.05, 0) is 32.4 Å². The maximum absolute atomic E-state index is 11.8. The summed E-state index contributed by atoms with van der Waals surface area (Å²) in [5.41, 5.74) is 4.95. The summed E-state index contributed by atoms with van der Waals surface area (Å²) in [4.78, 5) is 0. The first kappa shape index (κ1) is 11.9. The Morgan fingerprint density at radius 1 is 1.20 bits per heavy atom. The van der Waals surface area contributed by atoms with Crippen LogP contribution in [0.5, 0.6) is 0 Å². The van der Waals surface area contributed by atoms with Crippen LogP contribution in [0.15, 0.2) is 12.1 Å². The SMILES string of the molecule is Cc1ccc(C)n1NCCCC(F)(F)F. The van der Waals surface area contributed by atoms with E-state index in [0.29, 0.717) is 6.54 Å². The van der Waals surface area contributed by atoms with Gasteiger partial charge in [-0.25, -0.2) is 0 Å². The van der Waals surface area contributed by atoms with Crippen LogP contribution in [-0.2, 0) is 0 Å². The molecule has 0 spiro atoms. The summed E-state index contributed by atoms with van der Waals surface area (Å²) >= 11 is 0. The van der Waals surface area contributed by atoms with Gasteiger partial charge in [0, 0.05) is 24.4 Å². The van der Waals surface area contributed by atoms with Crippen molar-refractivity contribution >= 4 is 0 Å². The molecule has 0 atom stereocenters. The number of alkyl halides is 3. The number of nitrogens with zero attached hydrogens (tertiary/aromatic N) is 1. The molecule has 0 amide bonds. The summed E-state index contributed by atoms with van der Waals surface area (Å²) in [5.74, 6) is 0. The Morgan fingerprint density at radius 2 is 1.73 bits per heavy atom. The molecule has 0 saturated heterocycles. The summed E-state index contributed by atoms with van der Waals surface area (Å²) in [5, 5.41) is 0. The van der Waals surface area contributed by atoms with E-state index in [1.54, 1.807) is 4.68 Å². The largest absolute Gasteiger partial charge is 0.389 e. The van der Waals surface area contributed by atoms with Crippen LogP contribution < -0.4 is 5.43 Å². The van der Waals surface area contributed by atoms with Crippen LogP contribution in [0.1, 0.15) is 24.2 Å². The zero-order valence-electron chi connectivity index (χ0n) is 8.86. The number of halogens is 3. The molecule has 0 bridgehead atoms. The molecule has 0 aliphatic heterocycles. The highest BCUT2D eigenvalue weighted by molar-refractivity contribution is 5.15. The molecule has 1 heterocycles. The van der Waals surface area contributed by atoms with E-state index in [1.165, 1.54) is 0 Å². The minimum Gasteiger partial charge on any atom is -0.326 e. The van der Waals surface area contributed by atoms with Crippen LogP contribution in [0.4, 0.5) is 13.2 Å². The van der Waals surface area contributed by atoms with Gasteiger partial charge in [0.05, 0.1) is 0 Å². The fraction of sp³-hybridized carbons (Fsp3) is 0.600. The van der Waals surface area contributed by atoms with Gasteiger partial charge in [-0.15, -0.1) is 0 Å². The summed E-state index contributed by atoms with van der Waals surface area (Å²) in [6.45, 7) is 4.14. The molecule has 0 aromatic carbocycles. The lowest BCUT2D eigenvalue weighted by atomic mass is 10.3. The highest BCUT2D eigenvalue weighted by Crippen LogP contribution is 2.20. The molecule has 0 saturated carbocycles. The first-order chi connectivity index (χ1) is 6.90. The minimum absolute atomic E-state index is 0.0978. The van der Waals surface area contributed by atoms with Gasteiger partial charge in [0.2, 0.25) is 0 Å². The fourth-order valence-electron chi connectivity index (χ4n) is 1.40. The van der Waals surface area contributed by atoms with Crippen molar-refractivity contribution < 1.29 is 13.2 Å². The molecule has 15 heavy (non-hydrogen) atoms. The van der Waals surface area contributed by atoms with E-state index in [2.05, 4.69) is 5.43 Å². The zero-order chi connectivity index (χ0) is 11.5. The number of aromatic nitrogens is 1. The molecule has 0 unspecified atom stereocenters. The van der Waals surface area contributed by atoms with Gasteiger partial charge in [0.25, 0.3) is 0 Å². The van der Waals surface area contributed by atoms with Crippen molar-refractivity contribution in [3.8, 4) is 0 Å². The van der Waals surface area contributed by atoms with Crippen LogP contribution in [0.3, 0.4) is 0 Å². The number of aryl methyl sites for hydroxylation is 2. The second kappa shape index (κ2) is 4.59. The number of nitrogens with one attached hydrogen (secondary N) is 1. The third-order valence-corrected chi connectivity index (χ3v) is 2.18. The Morgan fingerprint density at radius 3 is 2.20 bits per heavy atom. The Labute approximate surface area is 87.1 Å². The van der Waals surface area contributed by atoms with Gasteiger partial charge >= 0.3 is 6.18 Å². The van der Waals surface area contributed by atoms with Gasteiger partial charge in [0.15, 0.2) is 0 Å². The highest BCUT2D eigenvalue weighted by Gasteiger charge is 2.25. The predicted octanol–water partition coefficient (Wildman–Crippen LogP) is 2.99. The summed E-state index contributed by atoms with van der Waals surface area (Å²) in [6, 6.07) is 3.85. The molecule has 1 aromatic heterocycles. The topological polar surface area (TPSA) is 17.0 Å². The van der Waals surface area contributed by atoms with Crippen molar-refractivity contribution in [3.63, 3.8) is 0 Å². The van der Waals surface area contributed by atoms with E-state index in [9.17, 15) is 13.2 Å². The van der Waals surface area contributed by atoms with Crippen molar-refractivity contribution in [1.82, 2.24) is 4.68 Å². The number of rotatable bonds is 4. The van der Waals surface area contributed by atoms with Gasteiger partial charge < -0.3 is 5.43 Å². The lowest BCUT2D eigenvalue weighted by Crippen LogP contribution is -2.20. The molecule has 1 aromatic rings. The second-order valence-electron chi connectivity index (χ2n) is 3.58. The van der Waals surface area contributed by atoms with Gasteiger partial charge in [-0.3, -0.25) is 4.68 Å². The standard InChI is InChI=1S/C10H15F3N2/c1-8-4-5-9(2)15(8)14-7-3-6-10(11,12)13/h4-5,14H,3,6-7H2,1-2H3. The van der Waals surface area contributed by atoms with E-state index in [4.69, 9.17) is 0 Å². The number of hydrogen-bond donors (Lipinski definition) is 1. The van der Waals surface area contributed by atoms with Crippen LogP contribution in [0, 0.1) is 13.8 Å². The first-order valence-electron chi connectivity index (χ1n) is 4.86. The molecular weight excluding hydrogens is 205 g/mol. The molecule has 5 heteroatoms. The van der Waals surface area contributed by atoms with Crippen molar-refractivity contribution in [1.29, 1.82) is 0 Å².